The predicted molar refractivity (Wildman–Crippen MR) is 137 cm³/mol. The maximum atomic E-state index is 13.2. The minimum Gasteiger partial charge on any atom is -0.496 e. The van der Waals surface area contributed by atoms with Gasteiger partial charge < -0.3 is 14.5 Å². The number of ether oxygens (including phenoxy) is 1. The molecular weight excluding hydrogens is 420 g/mol. The number of hydrogen-bond donors (Lipinski definition) is 0. The molecule has 0 aromatic heterocycles. The fraction of sp³-hybridized carbons (Fsp3) is 0.519. The van der Waals surface area contributed by atoms with Gasteiger partial charge in [-0.3, -0.25) is 4.79 Å². The van der Waals surface area contributed by atoms with Crippen LogP contribution >= 0.6 is 11.6 Å². The molecule has 2 aromatic rings. The number of carbonyl (C=O) groups excluding carboxylic acids is 1. The van der Waals surface area contributed by atoms with Gasteiger partial charge >= 0.3 is 0 Å². The Labute approximate surface area is 199 Å². The zero-order chi connectivity index (χ0) is 23.3. The smallest absolute Gasteiger partial charge is 0.227 e. The van der Waals surface area contributed by atoms with Crippen LogP contribution in [0.4, 0.5) is 5.69 Å². The Morgan fingerprint density at radius 2 is 1.56 bits per heavy atom. The van der Waals surface area contributed by atoms with Crippen LogP contribution in [0.15, 0.2) is 42.5 Å². The summed E-state index contributed by atoms with van der Waals surface area (Å²) in [6, 6.07) is 13.7. The number of rotatable bonds is 14. The molecule has 5 heteroatoms. The Balaban J connectivity index is 2.15. The maximum absolute atomic E-state index is 13.2. The number of benzene rings is 2. The van der Waals surface area contributed by atoms with E-state index >= 15 is 0 Å². The lowest BCUT2D eigenvalue weighted by Crippen LogP contribution is -2.36. The molecule has 0 aliphatic heterocycles. The number of anilines is 1. The van der Waals surface area contributed by atoms with E-state index < -0.39 is 0 Å². The summed E-state index contributed by atoms with van der Waals surface area (Å²) in [5.74, 6) is 0.968. The standard InChI is InChI=1S/C27H39ClN2O2/c1-5-6-7-8-9-10-11-12-27(31)30(20-19-29(2)3)24-17-18-26(32-4)25(21-24)22-13-15-23(28)16-14-22/h13-18,21H,5-12,19-20H2,1-4H3. The van der Waals surface area contributed by atoms with E-state index in [1.807, 2.05) is 55.4 Å². The molecule has 0 aliphatic carbocycles. The Kier molecular flexibility index (Phi) is 11.6. The van der Waals surface area contributed by atoms with Gasteiger partial charge in [-0.15, -0.1) is 0 Å². The van der Waals surface area contributed by atoms with Crippen molar-refractivity contribution >= 4 is 23.2 Å². The van der Waals surface area contributed by atoms with Crippen LogP contribution in [0, 0.1) is 0 Å². The van der Waals surface area contributed by atoms with Crippen LogP contribution in [-0.2, 0) is 4.79 Å². The number of hydrogen-bond acceptors (Lipinski definition) is 3. The van der Waals surface area contributed by atoms with E-state index in [4.69, 9.17) is 16.3 Å². The largest absolute Gasteiger partial charge is 0.496 e. The Morgan fingerprint density at radius 3 is 2.19 bits per heavy atom. The van der Waals surface area contributed by atoms with Gasteiger partial charge in [0.2, 0.25) is 5.91 Å². The summed E-state index contributed by atoms with van der Waals surface area (Å²) < 4.78 is 5.60. The maximum Gasteiger partial charge on any atom is 0.227 e. The SMILES string of the molecule is CCCCCCCCCC(=O)N(CCN(C)C)c1ccc(OC)c(-c2ccc(Cl)cc2)c1. The minimum absolute atomic E-state index is 0.188. The molecule has 0 saturated carbocycles. The van der Waals surface area contributed by atoms with Crippen molar-refractivity contribution in [3.05, 3.63) is 47.5 Å². The van der Waals surface area contributed by atoms with E-state index in [0.29, 0.717) is 18.0 Å². The molecule has 0 spiro atoms. The third-order valence-corrected chi connectivity index (χ3v) is 5.97. The van der Waals surface area contributed by atoms with Gasteiger partial charge in [0.1, 0.15) is 5.75 Å². The number of methoxy groups -OCH3 is 1. The van der Waals surface area contributed by atoms with Crippen LogP contribution in [0.1, 0.15) is 58.3 Å². The normalized spacial score (nSPS) is 11.1. The molecule has 176 valence electrons. The summed E-state index contributed by atoms with van der Waals surface area (Å²) >= 11 is 6.07. The highest BCUT2D eigenvalue weighted by atomic mass is 35.5. The van der Waals surface area contributed by atoms with Crippen molar-refractivity contribution in [1.29, 1.82) is 0 Å². The van der Waals surface area contributed by atoms with Gasteiger partial charge in [-0.05, 0) is 56.4 Å². The third-order valence-electron chi connectivity index (χ3n) is 5.72. The van der Waals surface area contributed by atoms with E-state index in [1.54, 1.807) is 7.11 Å². The van der Waals surface area contributed by atoms with Crippen LogP contribution in [0.2, 0.25) is 5.02 Å². The second kappa shape index (κ2) is 14.2. The highest BCUT2D eigenvalue weighted by Crippen LogP contribution is 2.34. The topological polar surface area (TPSA) is 32.8 Å². The number of likely N-dealkylation sites (N-methyl/N-ethyl adjacent to an activating group) is 1. The van der Waals surface area contributed by atoms with E-state index in [1.165, 1.54) is 32.1 Å². The van der Waals surface area contributed by atoms with Crippen LogP contribution in [0.25, 0.3) is 11.1 Å². The van der Waals surface area contributed by atoms with Crippen molar-refractivity contribution in [2.75, 3.05) is 39.2 Å². The van der Waals surface area contributed by atoms with Crippen LogP contribution in [-0.4, -0.2) is 45.1 Å². The number of unbranched alkanes of at least 4 members (excludes halogenated alkanes) is 6. The number of halogens is 1. The van der Waals surface area contributed by atoms with Gasteiger partial charge in [0.15, 0.2) is 0 Å². The Hall–Kier alpha value is -2.04. The summed E-state index contributed by atoms with van der Waals surface area (Å²) in [4.78, 5) is 17.2. The minimum atomic E-state index is 0.188. The molecule has 0 aliphatic rings. The van der Waals surface area contributed by atoms with Gasteiger partial charge in [0.05, 0.1) is 7.11 Å². The molecule has 1 amide bonds. The van der Waals surface area contributed by atoms with Gasteiger partial charge in [0, 0.05) is 35.8 Å². The highest BCUT2D eigenvalue weighted by molar-refractivity contribution is 6.30. The van der Waals surface area contributed by atoms with Crippen LogP contribution in [0.3, 0.4) is 0 Å². The molecule has 0 heterocycles. The average Bonchev–Trinajstić information content (AvgIpc) is 2.79. The lowest BCUT2D eigenvalue weighted by molar-refractivity contribution is -0.118. The van der Waals surface area contributed by atoms with Crippen molar-refractivity contribution in [2.45, 2.75) is 58.3 Å². The van der Waals surface area contributed by atoms with E-state index in [9.17, 15) is 4.79 Å². The van der Waals surface area contributed by atoms with Gasteiger partial charge in [0.25, 0.3) is 0 Å². The number of amides is 1. The zero-order valence-electron chi connectivity index (χ0n) is 20.2. The molecular formula is C27H39ClN2O2. The Bertz CT molecular complexity index is 821. The lowest BCUT2D eigenvalue weighted by atomic mass is 10.0. The first-order chi connectivity index (χ1) is 15.5. The summed E-state index contributed by atoms with van der Waals surface area (Å²) in [5.41, 5.74) is 2.88. The molecule has 0 atom stereocenters. The molecule has 0 fully saturated rings. The summed E-state index contributed by atoms with van der Waals surface area (Å²) in [7, 11) is 5.74. The fourth-order valence-electron chi connectivity index (χ4n) is 3.78. The van der Waals surface area contributed by atoms with Crippen molar-refractivity contribution in [1.82, 2.24) is 4.90 Å². The van der Waals surface area contributed by atoms with Crippen molar-refractivity contribution in [2.24, 2.45) is 0 Å². The molecule has 0 unspecified atom stereocenters. The van der Waals surface area contributed by atoms with Crippen LogP contribution < -0.4 is 9.64 Å². The molecule has 32 heavy (non-hydrogen) atoms. The summed E-state index contributed by atoms with van der Waals surface area (Å²) in [6.45, 7) is 3.71. The third kappa shape index (κ3) is 8.48. The first-order valence-electron chi connectivity index (χ1n) is 11.8. The molecule has 4 nitrogen and oxygen atoms in total. The summed E-state index contributed by atoms with van der Waals surface area (Å²) in [5, 5.41) is 0.696. The zero-order valence-corrected chi connectivity index (χ0v) is 21.0. The van der Waals surface area contributed by atoms with Gasteiger partial charge in [-0.25, -0.2) is 0 Å². The highest BCUT2D eigenvalue weighted by Gasteiger charge is 2.18. The second-order valence-corrected chi connectivity index (χ2v) is 9.05. The molecule has 0 radical (unpaired) electrons. The molecule has 2 rings (SSSR count). The number of nitrogens with zero attached hydrogens (tertiary/aromatic N) is 2. The first-order valence-corrected chi connectivity index (χ1v) is 12.2. The van der Waals surface area contributed by atoms with E-state index in [2.05, 4.69) is 17.9 Å². The Morgan fingerprint density at radius 1 is 0.906 bits per heavy atom. The van der Waals surface area contributed by atoms with E-state index in [-0.39, 0.29) is 5.91 Å². The van der Waals surface area contributed by atoms with Crippen molar-refractivity contribution in [3.8, 4) is 16.9 Å². The van der Waals surface area contributed by atoms with Crippen molar-refractivity contribution < 1.29 is 9.53 Å². The number of carbonyl (C=O) groups is 1. The summed E-state index contributed by atoms with van der Waals surface area (Å²) in [6.07, 6.45) is 9.02. The lowest BCUT2D eigenvalue weighted by Gasteiger charge is -2.26. The molecule has 0 saturated heterocycles. The van der Waals surface area contributed by atoms with E-state index in [0.717, 1.165) is 42.0 Å². The molecule has 0 bridgehead atoms. The monoisotopic (exact) mass is 458 g/mol. The van der Waals surface area contributed by atoms with Crippen LogP contribution in [0.5, 0.6) is 5.75 Å². The average molecular weight is 459 g/mol. The van der Waals surface area contributed by atoms with Crippen molar-refractivity contribution in [3.63, 3.8) is 0 Å². The molecule has 2 aromatic carbocycles. The van der Waals surface area contributed by atoms with Gasteiger partial charge in [-0.1, -0.05) is 69.2 Å². The van der Waals surface area contributed by atoms with Gasteiger partial charge in [-0.2, -0.15) is 0 Å². The quantitative estimate of drug-likeness (QED) is 0.284. The second-order valence-electron chi connectivity index (χ2n) is 8.61. The predicted octanol–water partition coefficient (Wildman–Crippen LogP) is 7.05. The molecule has 0 N–H and O–H groups in total. The first kappa shape index (κ1) is 26.2. The fourth-order valence-corrected chi connectivity index (χ4v) is 3.91.